The second-order valence-electron chi connectivity index (χ2n) is 5.75. The number of rotatable bonds is 6. The van der Waals surface area contributed by atoms with Crippen LogP contribution in [0.4, 0.5) is 5.69 Å². The normalized spacial score (nSPS) is 18.2. The fourth-order valence-corrected chi connectivity index (χ4v) is 2.78. The molecule has 0 bridgehead atoms. The largest absolute Gasteiger partial charge is 0.484 e. The Bertz CT molecular complexity index is 678. The van der Waals surface area contributed by atoms with Crippen LogP contribution in [0.5, 0.6) is 5.75 Å². The van der Waals surface area contributed by atoms with E-state index in [1.54, 1.807) is 18.2 Å². The van der Waals surface area contributed by atoms with E-state index in [1.807, 2.05) is 18.2 Å². The summed E-state index contributed by atoms with van der Waals surface area (Å²) in [7, 11) is 0. The molecule has 0 aliphatic carbocycles. The maximum absolute atomic E-state index is 11.0. The molecule has 126 valence electrons. The number of hydrogen-bond acceptors (Lipinski definition) is 5. The topological polar surface area (TPSA) is 64.8 Å². The molecule has 0 aromatic heterocycles. The molecule has 1 heterocycles. The molecule has 1 unspecified atom stereocenters. The quantitative estimate of drug-likeness (QED) is 0.602. The van der Waals surface area contributed by atoms with Gasteiger partial charge in [-0.15, -0.1) is 0 Å². The van der Waals surface area contributed by atoms with Crippen LogP contribution in [0.2, 0.25) is 0 Å². The van der Waals surface area contributed by atoms with Crippen molar-refractivity contribution in [2.24, 2.45) is 0 Å². The zero-order valence-corrected chi connectivity index (χ0v) is 13.3. The van der Waals surface area contributed by atoms with Crippen LogP contribution in [0, 0.1) is 10.1 Å². The van der Waals surface area contributed by atoms with Crippen molar-refractivity contribution in [3.63, 3.8) is 0 Å². The second kappa shape index (κ2) is 7.90. The van der Waals surface area contributed by atoms with Gasteiger partial charge in [0, 0.05) is 25.7 Å². The highest BCUT2D eigenvalue weighted by Crippen LogP contribution is 2.26. The standard InChI is InChI=1S/C18H20N2O4/c21-20(22)17-8-4-5-9-18(17)24-14-16-13-19(10-11-23-16)12-15-6-2-1-3-7-15/h1-9,16H,10-14H2. The summed E-state index contributed by atoms with van der Waals surface area (Å²) in [5.74, 6) is 0.284. The maximum atomic E-state index is 11.0. The summed E-state index contributed by atoms with van der Waals surface area (Å²) in [6, 6.07) is 16.7. The van der Waals surface area contributed by atoms with E-state index in [0.29, 0.717) is 13.2 Å². The Labute approximate surface area is 140 Å². The van der Waals surface area contributed by atoms with Crippen molar-refractivity contribution in [1.29, 1.82) is 0 Å². The first-order valence-electron chi connectivity index (χ1n) is 7.96. The van der Waals surface area contributed by atoms with Gasteiger partial charge in [0.25, 0.3) is 0 Å². The number of nitro groups is 1. The molecule has 2 aromatic carbocycles. The van der Waals surface area contributed by atoms with E-state index in [4.69, 9.17) is 9.47 Å². The number of nitro benzene ring substituents is 1. The first kappa shape index (κ1) is 16.4. The molecule has 24 heavy (non-hydrogen) atoms. The van der Waals surface area contributed by atoms with E-state index in [2.05, 4.69) is 17.0 Å². The minimum Gasteiger partial charge on any atom is -0.484 e. The zero-order valence-electron chi connectivity index (χ0n) is 13.3. The second-order valence-corrected chi connectivity index (χ2v) is 5.75. The summed E-state index contributed by atoms with van der Waals surface area (Å²) in [4.78, 5) is 12.9. The Balaban J connectivity index is 1.55. The Morgan fingerprint density at radius 1 is 1.17 bits per heavy atom. The van der Waals surface area contributed by atoms with Gasteiger partial charge in [-0.05, 0) is 11.6 Å². The molecule has 1 saturated heterocycles. The van der Waals surface area contributed by atoms with Crippen LogP contribution in [-0.2, 0) is 11.3 Å². The number of morpholine rings is 1. The lowest BCUT2D eigenvalue weighted by molar-refractivity contribution is -0.385. The van der Waals surface area contributed by atoms with E-state index in [-0.39, 0.29) is 17.5 Å². The van der Waals surface area contributed by atoms with Gasteiger partial charge in [-0.3, -0.25) is 15.0 Å². The van der Waals surface area contributed by atoms with E-state index in [0.717, 1.165) is 19.6 Å². The molecule has 0 amide bonds. The summed E-state index contributed by atoms with van der Waals surface area (Å²) < 4.78 is 11.4. The predicted molar refractivity (Wildman–Crippen MR) is 90.1 cm³/mol. The van der Waals surface area contributed by atoms with Crippen LogP contribution >= 0.6 is 0 Å². The van der Waals surface area contributed by atoms with Crippen LogP contribution in [0.1, 0.15) is 5.56 Å². The molecule has 0 saturated carbocycles. The average molecular weight is 328 g/mol. The third-order valence-electron chi connectivity index (χ3n) is 3.96. The fraction of sp³-hybridized carbons (Fsp3) is 0.333. The van der Waals surface area contributed by atoms with Gasteiger partial charge < -0.3 is 9.47 Å². The molecule has 1 atom stereocenters. The number of ether oxygens (including phenoxy) is 2. The molecular formula is C18H20N2O4. The van der Waals surface area contributed by atoms with E-state index < -0.39 is 4.92 Å². The van der Waals surface area contributed by atoms with Crippen LogP contribution in [0.25, 0.3) is 0 Å². The lowest BCUT2D eigenvalue weighted by atomic mass is 10.2. The molecule has 2 aromatic rings. The molecule has 3 rings (SSSR count). The first-order valence-corrected chi connectivity index (χ1v) is 7.96. The van der Waals surface area contributed by atoms with Gasteiger partial charge in [0.2, 0.25) is 0 Å². The SMILES string of the molecule is O=[N+]([O-])c1ccccc1OCC1CN(Cc2ccccc2)CCO1. The van der Waals surface area contributed by atoms with Gasteiger partial charge in [-0.1, -0.05) is 42.5 Å². The van der Waals surface area contributed by atoms with Gasteiger partial charge >= 0.3 is 5.69 Å². The zero-order chi connectivity index (χ0) is 16.8. The van der Waals surface area contributed by atoms with Crippen LogP contribution in [-0.4, -0.2) is 42.2 Å². The molecule has 6 nitrogen and oxygen atoms in total. The number of benzene rings is 2. The maximum Gasteiger partial charge on any atom is 0.310 e. The molecule has 1 fully saturated rings. The summed E-state index contributed by atoms with van der Waals surface area (Å²) in [5, 5.41) is 11.0. The molecule has 0 radical (unpaired) electrons. The Morgan fingerprint density at radius 2 is 1.92 bits per heavy atom. The summed E-state index contributed by atoms with van der Waals surface area (Å²) in [6.07, 6.45) is -0.0951. The monoisotopic (exact) mass is 328 g/mol. The lowest BCUT2D eigenvalue weighted by Gasteiger charge is -2.32. The van der Waals surface area contributed by atoms with Gasteiger partial charge in [0.05, 0.1) is 11.5 Å². The molecule has 6 heteroatoms. The molecule has 0 N–H and O–H groups in total. The Morgan fingerprint density at radius 3 is 2.71 bits per heavy atom. The van der Waals surface area contributed by atoms with Crippen molar-refractivity contribution in [2.45, 2.75) is 12.6 Å². The third-order valence-corrected chi connectivity index (χ3v) is 3.96. The van der Waals surface area contributed by atoms with Crippen molar-refractivity contribution in [2.75, 3.05) is 26.3 Å². The third kappa shape index (κ3) is 4.31. The average Bonchev–Trinajstić information content (AvgIpc) is 2.61. The molecule has 0 spiro atoms. The first-order chi connectivity index (χ1) is 11.7. The highest BCUT2D eigenvalue weighted by molar-refractivity contribution is 5.45. The summed E-state index contributed by atoms with van der Waals surface area (Å²) in [6.45, 7) is 3.42. The van der Waals surface area contributed by atoms with E-state index in [1.165, 1.54) is 11.6 Å². The van der Waals surface area contributed by atoms with E-state index in [9.17, 15) is 10.1 Å². The Hall–Kier alpha value is -2.44. The number of nitrogens with zero attached hydrogens (tertiary/aromatic N) is 2. The van der Waals surface area contributed by atoms with Gasteiger partial charge in [-0.25, -0.2) is 0 Å². The number of para-hydroxylation sites is 2. The molecule has 1 aliphatic heterocycles. The lowest BCUT2D eigenvalue weighted by Crippen LogP contribution is -2.44. The minimum absolute atomic E-state index is 0.0190. The van der Waals surface area contributed by atoms with Crippen molar-refractivity contribution >= 4 is 5.69 Å². The van der Waals surface area contributed by atoms with Gasteiger partial charge in [0.15, 0.2) is 5.75 Å². The van der Waals surface area contributed by atoms with Gasteiger partial charge in [-0.2, -0.15) is 0 Å². The summed E-state index contributed by atoms with van der Waals surface area (Å²) >= 11 is 0. The minimum atomic E-state index is -0.432. The summed E-state index contributed by atoms with van der Waals surface area (Å²) in [5.41, 5.74) is 1.24. The van der Waals surface area contributed by atoms with Gasteiger partial charge in [0.1, 0.15) is 12.7 Å². The molecular weight excluding hydrogens is 308 g/mol. The van der Waals surface area contributed by atoms with E-state index >= 15 is 0 Å². The fourth-order valence-electron chi connectivity index (χ4n) is 2.78. The van der Waals surface area contributed by atoms with Crippen LogP contribution < -0.4 is 4.74 Å². The smallest absolute Gasteiger partial charge is 0.310 e. The Kier molecular flexibility index (Phi) is 5.40. The predicted octanol–water partition coefficient (Wildman–Crippen LogP) is 2.87. The number of hydrogen-bond donors (Lipinski definition) is 0. The van der Waals surface area contributed by atoms with Crippen LogP contribution in [0.15, 0.2) is 54.6 Å². The van der Waals surface area contributed by atoms with Crippen molar-refractivity contribution in [3.05, 3.63) is 70.3 Å². The highest BCUT2D eigenvalue weighted by Gasteiger charge is 2.22. The highest BCUT2D eigenvalue weighted by atomic mass is 16.6. The molecule has 1 aliphatic rings. The van der Waals surface area contributed by atoms with Crippen molar-refractivity contribution in [1.82, 2.24) is 4.90 Å². The van der Waals surface area contributed by atoms with Crippen LogP contribution in [0.3, 0.4) is 0 Å². The van der Waals surface area contributed by atoms with Crippen molar-refractivity contribution in [3.8, 4) is 5.75 Å². The van der Waals surface area contributed by atoms with Crippen molar-refractivity contribution < 1.29 is 14.4 Å².